The van der Waals surface area contributed by atoms with Crippen LogP contribution in [0.1, 0.15) is 22.3 Å². The van der Waals surface area contributed by atoms with Gasteiger partial charge < -0.3 is 10.4 Å². The number of anilines is 1. The number of aromatic nitrogens is 1. The predicted octanol–water partition coefficient (Wildman–Crippen LogP) is 2.91. The van der Waals surface area contributed by atoms with Gasteiger partial charge in [0, 0.05) is 24.7 Å². The van der Waals surface area contributed by atoms with Gasteiger partial charge in [-0.05, 0) is 36.6 Å². The number of rotatable bonds is 5. The van der Waals surface area contributed by atoms with Gasteiger partial charge in [-0.3, -0.25) is 9.78 Å². The molecule has 0 aliphatic rings. The number of hydrogen-bond donors (Lipinski definition) is 2. The molecule has 0 spiro atoms. The maximum Gasteiger partial charge on any atom is 0.258 e. The number of aliphatic hydroxyl groups is 1. The molecule has 104 valence electrons. The monoisotopic (exact) mass is 290 g/mol. The molecule has 2 N–H and O–H groups in total. The number of halogens is 1. The van der Waals surface area contributed by atoms with Crippen LogP contribution < -0.4 is 5.32 Å². The van der Waals surface area contributed by atoms with Crippen LogP contribution in [0.4, 0.5) is 5.69 Å². The van der Waals surface area contributed by atoms with Crippen molar-refractivity contribution in [1.29, 1.82) is 0 Å². The number of benzene rings is 1. The molecule has 0 radical (unpaired) electrons. The molecule has 0 atom stereocenters. The van der Waals surface area contributed by atoms with Crippen LogP contribution in [0.15, 0.2) is 42.7 Å². The first-order chi connectivity index (χ1) is 9.70. The van der Waals surface area contributed by atoms with Crippen LogP contribution in [0.25, 0.3) is 0 Å². The van der Waals surface area contributed by atoms with Crippen LogP contribution in [0.2, 0.25) is 5.02 Å². The summed E-state index contributed by atoms with van der Waals surface area (Å²) in [7, 11) is 0. The molecule has 20 heavy (non-hydrogen) atoms. The zero-order valence-corrected chi connectivity index (χ0v) is 11.6. The molecule has 2 aromatic rings. The maximum atomic E-state index is 12.1. The molecule has 4 nitrogen and oxygen atoms in total. The van der Waals surface area contributed by atoms with Crippen LogP contribution in [0, 0.1) is 0 Å². The summed E-state index contributed by atoms with van der Waals surface area (Å²) in [5.41, 5.74) is 2.11. The second-order valence-corrected chi connectivity index (χ2v) is 4.74. The van der Waals surface area contributed by atoms with Crippen LogP contribution in [0.5, 0.6) is 0 Å². The summed E-state index contributed by atoms with van der Waals surface area (Å²) >= 11 is 5.96. The van der Waals surface area contributed by atoms with Crippen LogP contribution in [0.3, 0.4) is 0 Å². The Balaban J connectivity index is 2.10. The van der Waals surface area contributed by atoms with E-state index in [0.29, 0.717) is 22.7 Å². The lowest BCUT2D eigenvalue weighted by molar-refractivity contribution is 0.102. The second-order valence-electron chi connectivity index (χ2n) is 4.34. The molecule has 0 saturated heterocycles. The van der Waals surface area contributed by atoms with E-state index in [1.54, 1.807) is 6.07 Å². The largest absolute Gasteiger partial charge is 0.396 e. The normalized spacial score (nSPS) is 10.3. The average molecular weight is 291 g/mol. The van der Waals surface area contributed by atoms with Gasteiger partial charge in [-0.25, -0.2) is 0 Å². The smallest absolute Gasteiger partial charge is 0.258 e. The van der Waals surface area contributed by atoms with E-state index in [-0.39, 0.29) is 12.5 Å². The molecule has 1 heterocycles. The molecule has 0 unspecified atom stereocenters. The van der Waals surface area contributed by atoms with Gasteiger partial charge in [0.15, 0.2) is 0 Å². The topological polar surface area (TPSA) is 62.2 Å². The van der Waals surface area contributed by atoms with Gasteiger partial charge in [0.2, 0.25) is 0 Å². The highest BCUT2D eigenvalue weighted by molar-refractivity contribution is 6.34. The third-order valence-corrected chi connectivity index (χ3v) is 3.15. The number of carbonyl (C=O) groups is 1. The summed E-state index contributed by atoms with van der Waals surface area (Å²) in [4.78, 5) is 16.0. The zero-order chi connectivity index (χ0) is 14.4. The molecular formula is C15H15ClN2O2. The zero-order valence-electron chi connectivity index (χ0n) is 10.8. The molecule has 0 saturated carbocycles. The Morgan fingerprint density at radius 1 is 1.35 bits per heavy atom. The van der Waals surface area contributed by atoms with Gasteiger partial charge in [0.1, 0.15) is 0 Å². The minimum atomic E-state index is -0.289. The summed E-state index contributed by atoms with van der Waals surface area (Å²) in [5, 5.41) is 12.0. The van der Waals surface area contributed by atoms with Crippen molar-refractivity contribution in [1.82, 2.24) is 4.98 Å². The number of aliphatic hydroxyl groups excluding tert-OH is 1. The fourth-order valence-electron chi connectivity index (χ4n) is 1.83. The number of carbonyl (C=O) groups excluding carboxylic acids is 1. The average Bonchev–Trinajstić information content (AvgIpc) is 2.46. The lowest BCUT2D eigenvalue weighted by atomic mass is 10.1. The van der Waals surface area contributed by atoms with E-state index in [1.165, 1.54) is 12.4 Å². The molecule has 1 amide bonds. The van der Waals surface area contributed by atoms with Crippen molar-refractivity contribution in [2.24, 2.45) is 0 Å². The van der Waals surface area contributed by atoms with Gasteiger partial charge in [0.05, 0.1) is 10.6 Å². The van der Waals surface area contributed by atoms with Crippen molar-refractivity contribution in [3.05, 3.63) is 58.9 Å². The van der Waals surface area contributed by atoms with E-state index in [2.05, 4.69) is 10.3 Å². The quantitative estimate of drug-likeness (QED) is 0.890. The Kier molecular flexibility index (Phi) is 5.09. The maximum absolute atomic E-state index is 12.1. The number of nitrogens with zero attached hydrogens (tertiary/aromatic N) is 1. The van der Waals surface area contributed by atoms with Crippen molar-refractivity contribution in [2.75, 3.05) is 11.9 Å². The highest BCUT2D eigenvalue weighted by Crippen LogP contribution is 2.17. The molecule has 0 bridgehead atoms. The van der Waals surface area contributed by atoms with Gasteiger partial charge in [0.25, 0.3) is 5.91 Å². The Morgan fingerprint density at radius 3 is 2.95 bits per heavy atom. The summed E-state index contributed by atoms with van der Waals surface area (Å²) in [5.74, 6) is -0.289. The summed E-state index contributed by atoms with van der Waals surface area (Å²) < 4.78 is 0. The van der Waals surface area contributed by atoms with Gasteiger partial charge >= 0.3 is 0 Å². The molecule has 1 aromatic heterocycles. The van der Waals surface area contributed by atoms with Crippen LogP contribution in [-0.2, 0) is 6.42 Å². The van der Waals surface area contributed by atoms with E-state index >= 15 is 0 Å². The fourth-order valence-corrected chi connectivity index (χ4v) is 2.02. The molecule has 5 heteroatoms. The third kappa shape index (κ3) is 3.79. The first-order valence-corrected chi connectivity index (χ1v) is 6.69. The summed E-state index contributed by atoms with van der Waals surface area (Å²) in [6.45, 7) is 0.155. The van der Waals surface area contributed by atoms with Crippen LogP contribution >= 0.6 is 11.6 Å². The minimum absolute atomic E-state index is 0.155. The Hall–Kier alpha value is -1.91. The standard InChI is InChI=1S/C15H15ClN2O2/c16-14-6-7-17-10-13(14)15(20)18-12-5-1-3-11(9-12)4-2-8-19/h1,3,5-7,9-10,19H,2,4,8H2,(H,18,20). The molecular weight excluding hydrogens is 276 g/mol. The first-order valence-electron chi connectivity index (χ1n) is 6.31. The van der Waals surface area contributed by atoms with Crippen molar-refractivity contribution < 1.29 is 9.90 Å². The lowest BCUT2D eigenvalue weighted by Gasteiger charge is -2.08. The second kappa shape index (κ2) is 7.03. The summed E-state index contributed by atoms with van der Waals surface area (Å²) in [6, 6.07) is 9.10. The van der Waals surface area contributed by atoms with Gasteiger partial charge in [-0.2, -0.15) is 0 Å². The third-order valence-electron chi connectivity index (χ3n) is 2.82. The number of aryl methyl sites for hydroxylation is 1. The minimum Gasteiger partial charge on any atom is -0.396 e. The Labute approximate surface area is 122 Å². The number of hydrogen-bond acceptors (Lipinski definition) is 3. The molecule has 2 rings (SSSR count). The predicted molar refractivity (Wildman–Crippen MR) is 79.0 cm³/mol. The lowest BCUT2D eigenvalue weighted by Crippen LogP contribution is -2.12. The molecule has 0 aliphatic heterocycles. The fraction of sp³-hybridized carbons (Fsp3) is 0.200. The van der Waals surface area contributed by atoms with Crippen LogP contribution in [-0.4, -0.2) is 22.6 Å². The van der Waals surface area contributed by atoms with Gasteiger partial charge in [-0.15, -0.1) is 0 Å². The highest BCUT2D eigenvalue weighted by atomic mass is 35.5. The molecule has 0 aliphatic carbocycles. The highest BCUT2D eigenvalue weighted by Gasteiger charge is 2.10. The van der Waals surface area contributed by atoms with E-state index in [9.17, 15) is 4.79 Å². The number of amides is 1. The van der Waals surface area contributed by atoms with Crippen molar-refractivity contribution >= 4 is 23.2 Å². The van der Waals surface area contributed by atoms with Crippen molar-refractivity contribution in [2.45, 2.75) is 12.8 Å². The van der Waals surface area contributed by atoms with Crippen molar-refractivity contribution in [3.8, 4) is 0 Å². The Bertz CT molecular complexity index is 602. The molecule has 1 aromatic carbocycles. The first kappa shape index (κ1) is 14.5. The number of pyridine rings is 1. The summed E-state index contributed by atoms with van der Waals surface area (Å²) in [6.07, 6.45) is 4.45. The van der Waals surface area contributed by atoms with E-state index < -0.39 is 0 Å². The van der Waals surface area contributed by atoms with E-state index in [1.807, 2.05) is 24.3 Å². The number of nitrogens with one attached hydrogen (secondary N) is 1. The van der Waals surface area contributed by atoms with E-state index in [0.717, 1.165) is 12.0 Å². The Morgan fingerprint density at radius 2 is 2.20 bits per heavy atom. The molecule has 0 fully saturated rings. The SMILES string of the molecule is O=C(Nc1cccc(CCCO)c1)c1cnccc1Cl. The van der Waals surface area contributed by atoms with E-state index in [4.69, 9.17) is 16.7 Å². The van der Waals surface area contributed by atoms with Gasteiger partial charge in [-0.1, -0.05) is 23.7 Å². The van der Waals surface area contributed by atoms with Crippen molar-refractivity contribution in [3.63, 3.8) is 0 Å².